The van der Waals surface area contributed by atoms with Crippen molar-refractivity contribution in [3.8, 4) is 5.75 Å². The third kappa shape index (κ3) is 4.03. The van der Waals surface area contributed by atoms with E-state index in [-0.39, 0.29) is 17.0 Å². The molecule has 5 nitrogen and oxygen atoms in total. The van der Waals surface area contributed by atoms with Gasteiger partial charge >= 0.3 is 5.97 Å². The SMILES string of the molecule is COC(C)(C)CCOc1cccnc1C(=O)O. The number of ether oxygens (including phenoxy) is 2. The molecular weight excluding hydrogens is 222 g/mol. The van der Waals surface area contributed by atoms with Crippen LogP contribution in [0.5, 0.6) is 5.75 Å². The largest absolute Gasteiger partial charge is 0.491 e. The number of methoxy groups -OCH3 is 1. The molecule has 5 heteroatoms. The summed E-state index contributed by atoms with van der Waals surface area (Å²) >= 11 is 0. The summed E-state index contributed by atoms with van der Waals surface area (Å²) in [6, 6.07) is 3.24. The third-order valence-corrected chi connectivity index (χ3v) is 2.49. The Morgan fingerprint density at radius 2 is 2.24 bits per heavy atom. The third-order valence-electron chi connectivity index (χ3n) is 2.49. The molecule has 1 heterocycles. The number of rotatable bonds is 6. The van der Waals surface area contributed by atoms with E-state index in [1.165, 1.54) is 6.20 Å². The van der Waals surface area contributed by atoms with Crippen molar-refractivity contribution < 1.29 is 19.4 Å². The van der Waals surface area contributed by atoms with Crippen molar-refractivity contribution in [1.29, 1.82) is 0 Å². The lowest BCUT2D eigenvalue weighted by atomic mass is 10.1. The highest BCUT2D eigenvalue weighted by atomic mass is 16.5. The van der Waals surface area contributed by atoms with E-state index < -0.39 is 5.97 Å². The second-order valence-electron chi connectivity index (χ2n) is 4.22. The van der Waals surface area contributed by atoms with Crippen molar-refractivity contribution in [3.05, 3.63) is 24.0 Å². The Morgan fingerprint density at radius 1 is 1.53 bits per heavy atom. The second-order valence-corrected chi connectivity index (χ2v) is 4.22. The molecule has 0 radical (unpaired) electrons. The molecule has 0 fully saturated rings. The maximum absolute atomic E-state index is 10.9. The van der Waals surface area contributed by atoms with Gasteiger partial charge in [0.25, 0.3) is 0 Å². The average molecular weight is 239 g/mol. The molecule has 0 aromatic carbocycles. The Labute approximate surface area is 100 Å². The Balaban J connectivity index is 2.61. The van der Waals surface area contributed by atoms with E-state index in [1.807, 2.05) is 13.8 Å². The van der Waals surface area contributed by atoms with Crippen LogP contribution in [0.2, 0.25) is 0 Å². The molecule has 0 amide bonds. The van der Waals surface area contributed by atoms with Crippen LogP contribution in [-0.2, 0) is 4.74 Å². The number of carboxylic acid groups (broad SMARTS) is 1. The number of hydrogen-bond donors (Lipinski definition) is 1. The summed E-state index contributed by atoms with van der Waals surface area (Å²) in [6.07, 6.45) is 2.09. The summed E-state index contributed by atoms with van der Waals surface area (Å²) < 4.78 is 10.7. The van der Waals surface area contributed by atoms with Crippen LogP contribution in [0, 0.1) is 0 Å². The molecule has 1 aromatic rings. The maximum Gasteiger partial charge on any atom is 0.358 e. The fraction of sp³-hybridized carbons (Fsp3) is 0.500. The molecule has 0 atom stereocenters. The Hall–Kier alpha value is -1.62. The molecule has 1 N–H and O–H groups in total. The van der Waals surface area contributed by atoms with Crippen LogP contribution in [-0.4, -0.2) is 35.4 Å². The van der Waals surface area contributed by atoms with Gasteiger partial charge in [0.2, 0.25) is 0 Å². The molecule has 1 rings (SSSR count). The van der Waals surface area contributed by atoms with Gasteiger partial charge in [0.05, 0.1) is 12.2 Å². The number of hydrogen-bond acceptors (Lipinski definition) is 4. The van der Waals surface area contributed by atoms with Crippen molar-refractivity contribution in [2.45, 2.75) is 25.9 Å². The van der Waals surface area contributed by atoms with Gasteiger partial charge in [0, 0.05) is 19.7 Å². The Kier molecular flexibility index (Phi) is 4.45. The number of nitrogens with zero attached hydrogens (tertiary/aromatic N) is 1. The van der Waals surface area contributed by atoms with Gasteiger partial charge in [0.15, 0.2) is 11.4 Å². The summed E-state index contributed by atoms with van der Waals surface area (Å²) in [5, 5.41) is 8.90. The zero-order chi connectivity index (χ0) is 12.9. The maximum atomic E-state index is 10.9. The summed E-state index contributed by atoms with van der Waals surface area (Å²) in [7, 11) is 1.63. The van der Waals surface area contributed by atoms with Crippen LogP contribution in [0.4, 0.5) is 0 Å². The van der Waals surface area contributed by atoms with Crippen LogP contribution in [0.15, 0.2) is 18.3 Å². The molecule has 0 saturated heterocycles. The average Bonchev–Trinajstić information content (AvgIpc) is 2.29. The lowest BCUT2D eigenvalue weighted by Crippen LogP contribution is -2.25. The molecule has 94 valence electrons. The quantitative estimate of drug-likeness (QED) is 0.822. The van der Waals surface area contributed by atoms with Crippen molar-refractivity contribution >= 4 is 5.97 Å². The molecule has 1 aromatic heterocycles. The van der Waals surface area contributed by atoms with E-state index >= 15 is 0 Å². The van der Waals surface area contributed by atoms with Crippen molar-refractivity contribution in [1.82, 2.24) is 4.98 Å². The minimum absolute atomic E-state index is 0.0669. The number of aromatic carboxylic acids is 1. The topological polar surface area (TPSA) is 68.7 Å². The van der Waals surface area contributed by atoms with E-state index in [9.17, 15) is 4.79 Å². The monoisotopic (exact) mass is 239 g/mol. The summed E-state index contributed by atoms with van der Waals surface area (Å²) in [5.74, 6) is -0.807. The minimum Gasteiger partial charge on any atom is -0.491 e. The van der Waals surface area contributed by atoms with Crippen LogP contribution in [0.1, 0.15) is 30.8 Å². The van der Waals surface area contributed by atoms with E-state index in [2.05, 4.69) is 4.98 Å². The molecule has 0 bridgehead atoms. The van der Waals surface area contributed by atoms with Crippen LogP contribution < -0.4 is 4.74 Å². The zero-order valence-electron chi connectivity index (χ0n) is 10.3. The Morgan fingerprint density at radius 3 is 2.82 bits per heavy atom. The fourth-order valence-electron chi connectivity index (χ4n) is 1.18. The van der Waals surface area contributed by atoms with Crippen LogP contribution >= 0.6 is 0 Å². The first-order valence-corrected chi connectivity index (χ1v) is 5.32. The standard InChI is InChI=1S/C12H17NO4/c1-12(2,16-3)6-8-17-9-5-4-7-13-10(9)11(14)15/h4-5,7H,6,8H2,1-3H3,(H,14,15). The van der Waals surface area contributed by atoms with Gasteiger partial charge in [0.1, 0.15) is 0 Å². The lowest BCUT2D eigenvalue weighted by Gasteiger charge is -2.22. The van der Waals surface area contributed by atoms with Crippen LogP contribution in [0.25, 0.3) is 0 Å². The van der Waals surface area contributed by atoms with Gasteiger partial charge in [-0.25, -0.2) is 9.78 Å². The number of carbonyl (C=O) groups is 1. The smallest absolute Gasteiger partial charge is 0.358 e. The van der Waals surface area contributed by atoms with Crippen molar-refractivity contribution in [2.75, 3.05) is 13.7 Å². The molecule has 0 saturated carbocycles. The molecule has 0 spiro atoms. The van der Waals surface area contributed by atoms with Gasteiger partial charge in [-0.1, -0.05) is 0 Å². The molecular formula is C12H17NO4. The van der Waals surface area contributed by atoms with Crippen molar-refractivity contribution in [3.63, 3.8) is 0 Å². The first-order chi connectivity index (χ1) is 7.96. The van der Waals surface area contributed by atoms with E-state index in [0.29, 0.717) is 13.0 Å². The van der Waals surface area contributed by atoms with Gasteiger partial charge < -0.3 is 14.6 Å². The predicted molar refractivity (Wildman–Crippen MR) is 62.4 cm³/mol. The van der Waals surface area contributed by atoms with Gasteiger partial charge in [-0.2, -0.15) is 0 Å². The van der Waals surface area contributed by atoms with E-state index in [1.54, 1.807) is 19.2 Å². The number of pyridine rings is 1. The highest BCUT2D eigenvalue weighted by molar-refractivity contribution is 5.88. The number of aromatic nitrogens is 1. The van der Waals surface area contributed by atoms with Gasteiger partial charge in [-0.3, -0.25) is 0 Å². The number of carboxylic acids is 1. The van der Waals surface area contributed by atoms with Crippen molar-refractivity contribution in [2.24, 2.45) is 0 Å². The molecule has 0 aliphatic carbocycles. The summed E-state index contributed by atoms with van der Waals surface area (Å²) in [6.45, 7) is 4.27. The highest BCUT2D eigenvalue weighted by Gasteiger charge is 2.17. The highest BCUT2D eigenvalue weighted by Crippen LogP contribution is 2.18. The fourth-order valence-corrected chi connectivity index (χ4v) is 1.18. The molecule has 0 unspecified atom stereocenters. The molecule has 0 aliphatic heterocycles. The first-order valence-electron chi connectivity index (χ1n) is 5.32. The summed E-state index contributed by atoms with van der Waals surface area (Å²) in [5.41, 5.74) is -0.353. The first kappa shape index (κ1) is 13.4. The minimum atomic E-state index is -1.09. The summed E-state index contributed by atoms with van der Waals surface area (Å²) in [4.78, 5) is 14.6. The van der Waals surface area contributed by atoms with Gasteiger partial charge in [-0.15, -0.1) is 0 Å². The van der Waals surface area contributed by atoms with Gasteiger partial charge in [-0.05, 0) is 26.0 Å². The second kappa shape index (κ2) is 5.63. The van der Waals surface area contributed by atoms with Crippen LogP contribution in [0.3, 0.4) is 0 Å². The van der Waals surface area contributed by atoms with E-state index in [0.717, 1.165) is 0 Å². The normalized spacial score (nSPS) is 11.2. The Bertz CT molecular complexity index is 390. The van der Waals surface area contributed by atoms with E-state index in [4.69, 9.17) is 14.6 Å². The lowest BCUT2D eigenvalue weighted by molar-refractivity contribution is 0.00534. The molecule has 0 aliphatic rings. The predicted octanol–water partition coefficient (Wildman–Crippen LogP) is 1.97. The zero-order valence-corrected chi connectivity index (χ0v) is 10.3. The molecule has 17 heavy (non-hydrogen) atoms.